The Morgan fingerprint density at radius 1 is 1.29 bits per heavy atom. The van der Waals surface area contributed by atoms with E-state index in [0.717, 1.165) is 18.8 Å². The van der Waals surface area contributed by atoms with Crippen LogP contribution in [0.3, 0.4) is 0 Å². The maximum Gasteiger partial charge on any atom is 0.234 e. The smallest absolute Gasteiger partial charge is 0.234 e. The van der Waals surface area contributed by atoms with Crippen molar-refractivity contribution in [3.8, 4) is 0 Å². The molecule has 1 saturated carbocycles. The topological polar surface area (TPSA) is 41.1 Å². The largest absolute Gasteiger partial charge is 0.352 e. The summed E-state index contributed by atoms with van der Waals surface area (Å²) in [6.07, 6.45) is 7.12. The number of carbonyl (C=O) groups excluding carboxylic acids is 1. The summed E-state index contributed by atoms with van der Waals surface area (Å²) >= 11 is 0. The zero-order valence-electron chi connectivity index (χ0n) is 11.6. The molecule has 0 aromatic heterocycles. The van der Waals surface area contributed by atoms with E-state index in [1.807, 2.05) is 0 Å². The normalized spacial score (nSPS) is 24.9. The lowest BCUT2D eigenvalue weighted by molar-refractivity contribution is -0.121. The Kier molecular flexibility index (Phi) is 6.56. The molecule has 2 unspecified atom stereocenters. The fourth-order valence-corrected chi connectivity index (χ4v) is 2.63. The van der Waals surface area contributed by atoms with Gasteiger partial charge in [-0.1, -0.05) is 33.6 Å². The summed E-state index contributed by atoms with van der Waals surface area (Å²) in [5.41, 5.74) is 0. The second kappa shape index (κ2) is 7.70. The van der Waals surface area contributed by atoms with Gasteiger partial charge in [-0.15, -0.1) is 0 Å². The highest BCUT2D eigenvalue weighted by molar-refractivity contribution is 5.78. The number of nitrogens with one attached hydrogen (secondary N) is 2. The molecule has 2 atom stereocenters. The zero-order chi connectivity index (χ0) is 12.7. The van der Waals surface area contributed by atoms with Crippen molar-refractivity contribution >= 4 is 5.91 Å². The summed E-state index contributed by atoms with van der Waals surface area (Å²) in [6, 6.07) is 0.890. The predicted molar refractivity (Wildman–Crippen MR) is 71.9 cm³/mol. The standard InChI is InChI=1S/C14H28N2O/c1-4-12(5-2)16-14(17)10-15-13-8-6-7-11(3)9-13/h11-13,15H,4-10H2,1-3H3,(H,16,17). The number of carbonyl (C=O) groups is 1. The molecule has 3 heteroatoms. The Hall–Kier alpha value is -0.570. The third-order valence-corrected chi connectivity index (χ3v) is 3.84. The summed E-state index contributed by atoms with van der Waals surface area (Å²) in [6.45, 7) is 7.02. The first-order valence-corrected chi connectivity index (χ1v) is 7.18. The van der Waals surface area contributed by atoms with Crippen LogP contribution in [0.2, 0.25) is 0 Å². The van der Waals surface area contributed by atoms with Gasteiger partial charge in [0.25, 0.3) is 0 Å². The zero-order valence-corrected chi connectivity index (χ0v) is 11.6. The van der Waals surface area contributed by atoms with E-state index in [9.17, 15) is 4.79 Å². The first-order chi connectivity index (χ1) is 8.15. The molecule has 0 aliphatic heterocycles. The van der Waals surface area contributed by atoms with Gasteiger partial charge in [0.05, 0.1) is 6.54 Å². The van der Waals surface area contributed by atoms with Crippen molar-refractivity contribution in [2.75, 3.05) is 6.54 Å². The van der Waals surface area contributed by atoms with E-state index < -0.39 is 0 Å². The van der Waals surface area contributed by atoms with E-state index in [2.05, 4.69) is 31.4 Å². The second-order valence-electron chi connectivity index (χ2n) is 5.43. The van der Waals surface area contributed by atoms with Gasteiger partial charge in [-0.25, -0.2) is 0 Å². The lowest BCUT2D eigenvalue weighted by atomic mass is 9.87. The van der Waals surface area contributed by atoms with Crippen LogP contribution in [-0.2, 0) is 4.79 Å². The highest BCUT2D eigenvalue weighted by Gasteiger charge is 2.19. The van der Waals surface area contributed by atoms with Gasteiger partial charge in [0, 0.05) is 12.1 Å². The van der Waals surface area contributed by atoms with Gasteiger partial charge in [0.2, 0.25) is 5.91 Å². The van der Waals surface area contributed by atoms with E-state index in [1.165, 1.54) is 25.7 Å². The lowest BCUT2D eigenvalue weighted by Gasteiger charge is -2.27. The predicted octanol–water partition coefficient (Wildman–Crippen LogP) is 2.46. The number of hydrogen-bond acceptors (Lipinski definition) is 2. The number of amides is 1. The molecule has 0 saturated heterocycles. The summed E-state index contributed by atoms with van der Waals surface area (Å²) in [7, 11) is 0. The van der Waals surface area contributed by atoms with Crippen LogP contribution < -0.4 is 10.6 Å². The fraction of sp³-hybridized carbons (Fsp3) is 0.929. The van der Waals surface area contributed by atoms with Gasteiger partial charge in [0.1, 0.15) is 0 Å². The summed E-state index contributed by atoms with van der Waals surface area (Å²) < 4.78 is 0. The van der Waals surface area contributed by atoms with Gasteiger partial charge in [-0.05, 0) is 31.6 Å². The molecule has 17 heavy (non-hydrogen) atoms. The van der Waals surface area contributed by atoms with E-state index in [4.69, 9.17) is 0 Å². The first kappa shape index (κ1) is 14.5. The van der Waals surface area contributed by atoms with Crippen LogP contribution in [0.5, 0.6) is 0 Å². The van der Waals surface area contributed by atoms with Crippen LogP contribution in [0.15, 0.2) is 0 Å². The molecule has 1 fully saturated rings. The average molecular weight is 240 g/mol. The Morgan fingerprint density at radius 2 is 2.00 bits per heavy atom. The molecule has 0 aromatic rings. The summed E-state index contributed by atoms with van der Waals surface area (Å²) in [4.78, 5) is 11.7. The molecule has 0 spiro atoms. The van der Waals surface area contributed by atoms with Crippen LogP contribution in [0, 0.1) is 5.92 Å². The van der Waals surface area contributed by atoms with Gasteiger partial charge >= 0.3 is 0 Å². The molecule has 0 radical (unpaired) electrons. The Labute approximate surface area is 106 Å². The molecule has 0 aromatic carbocycles. The van der Waals surface area contributed by atoms with E-state index in [0.29, 0.717) is 18.6 Å². The van der Waals surface area contributed by atoms with Gasteiger partial charge in [0.15, 0.2) is 0 Å². The molecule has 3 nitrogen and oxygen atoms in total. The van der Waals surface area contributed by atoms with Crippen molar-refractivity contribution in [2.45, 2.75) is 71.4 Å². The second-order valence-corrected chi connectivity index (χ2v) is 5.43. The summed E-state index contributed by atoms with van der Waals surface area (Å²) in [5, 5.41) is 6.46. The molecule has 1 rings (SSSR count). The minimum absolute atomic E-state index is 0.150. The Balaban J connectivity index is 2.18. The van der Waals surface area contributed by atoms with Crippen molar-refractivity contribution in [3.63, 3.8) is 0 Å². The molecule has 2 N–H and O–H groups in total. The highest BCUT2D eigenvalue weighted by atomic mass is 16.1. The Bertz CT molecular complexity index is 226. The SMILES string of the molecule is CCC(CC)NC(=O)CNC1CCCC(C)C1. The van der Waals surface area contributed by atoms with E-state index in [1.54, 1.807) is 0 Å². The first-order valence-electron chi connectivity index (χ1n) is 7.18. The lowest BCUT2D eigenvalue weighted by Crippen LogP contribution is -2.44. The highest BCUT2D eigenvalue weighted by Crippen LogP contribution is 2.23. The molecule has 0 heterocycles. The molecule has 1 aliphatic carbocycles. The number of rotatable bonds is 6. The van der Waals surface area contributed by atoms with Crippen molar-refractivity contribution in [1.82, 2.24) is 10.6 Å². The minimum Gasteiger partial charge on any atom is -0.352 e. The third kappa shape index (κ3) is 5.53. The Morgan fingerprint density at radius 3 is 2.59 bits per heavy atom. The van der Waals surface area contributed by atoms with Gasteiger partial charge in [-0.2, -0.15) is 0 Å². The fourth-order valence-electron chi connectivity index (χ4n) is 2.63. The van der Waals surface area contributed by atoms with Crippen LogP contribution in [0.4, 0.5) is 0 Å². The molecule has 1 aliphatic rings. The van der Waals surface area contributed by atoms with Crippen molar-refractivity contribution < 1.29 is 4.79 Å². The third-order valence-electron chi connectivity index (χ3n) is 3.84. The van der Waals surface area contributed by atoms with Gasteiger partial charge in [-0.3, -0.25) is 4.79 Å². The minimum atomic E-state index is 0.150. The van der Waals surface area contributed by atoms with Crippen molar-refractivity contribution in [1.29, 1.82) is 0 Å². The van der Waals surface area contributed by atoms with Crippen LogP contribution in [0.25, 0.3) is 0 Å². The van der Waals surface area contributed by atoms with E-state index >= 15 is 0 Å². The molecular weight excluding hydrogens is 212 g/mol. The van der Waals surface area contributed by atoms with E-state index in [-0.39, 0.29) is 5.91 Å². The van der Waals surface area contributed by atoms with Crippen LogP contribution >= 0.6 is 0 Å². The van der Waals surface area contributed by atoms with Gasteiger partial charge < -0.3 is 10.6 Å². The van der Waals surface area contributed by atoms with Crippen LogP contribution in [-0.4, -0.2) is 24.5 Å². The maximum absolute atomic E-state index is 11.7. The molecule has 0 bridgehead atoms. The van der Waals surface area contributed by atoms with Crippen molar-refractivity contribution in [3.05, 3.63) is 0 Å². The van der Waals surface area contributed by atoms with Crippen LogP contribution in [0.1, 0.15) is 59.3 Å². The molecule has 1 amide bonds. The van der Waals surface area contributed by atoms with Crippen molar-refractivity contribution in [2.24, 2.45) is 5.92 Å². The summed E-state index contributed by atoms with van der Waals surface area (Å²) in [5.74, 6) is 0.959. The molecular formula is C14H28N2O. The monoisotopic (exact) mass is 240 g/mol. The average Bonchev–Trinajstić information content (AvgIpc) is 2.33. The number of hydrogen-bond donors (Lipinski definition) is 2. The maximum atomic E-state index is 11.7. The molecule has 100 valence electrons. The quantitative estimate of drug-likeness (QED) is 0.749.